The molecule has 2 heterocycles. The van der Waals surface area contributed by atoms with Gasteiger partial charge in [-0.3, -0.25) is 19.8 Å². The van der Waals surface area contributed by atoms with E-state index in [0.717, 1.165) is 19.4 Å². The van der Waals surface area contributed by atoms with Crippen LogP contribution in [0.1, 0.15) is 19.8 Å². The van der Waals surface area contributed by atoms with E-state index >= 15 is 0 Å². The molecule has 1 aliphatic rings. The second kappa shape index (κ2) is 7.21. The van der Waals surface area contributed by atoms with Crippen LogP contribution in [0.5, 0.6) is 0 Å². The molecule has 2 rings (SSSR count). The van der Waals surface area contributed by atoms with Gasteiger partial charge in [0.2, 0.25) is 0 Å². The van der Waals surface area contributed by atoms with Crippen molar-refractivity contribution in [3.8, 4) is 0 Å². The lowest BCUT2D eigenvalue weighted by molar-refractivity contribution is -0.385. The van der Waals surface area contributed by atoms with Crippen molar-refractivity contribution in [3.05, 3.63) is 22.5 Å². The molecular weight excluding hydrogens is 288 g/mol. The van der Waals surface area contributed by atoms with Crippen molar-refractivity contribution in [2.24, 2.45) is 4.99 Å². The molecule has 1 aromatic rings. The van der Waals surface area contributed by atoms with Gasteiger partial charge < -0.3 is 15.4 Å². The SMILES string of the molecule is CN=C(NCCn1cc([N+](=O)[O-])cn1)NCC1(C)CCCO1. The molecule has 0 radical (unpaired) electrons. The Kier molecular flexibility index (Phi) is 5.31. The maximum atomic E-state index is 10.6. The van der Waals surface area contributed by atoms with E-state index in [1.165, 1.54) is 17.1 Å². The molecular formula is C13H22N6O3. The van der Waals surface area contributed by atoms with Gasteiger partial charge in [-0.15, -0.1) is 0 Å². The first-order chi connectivity index (χ1) is 10.5. The molecule has 0 saturated carbocycles. The van der Waals surface area contributed by atoms with E-state index in [2.05, 4.69) is 27.6 Å². The van der Waals surface area contributed by atoms with E-state index in [1.54, 1.807) is 7.05 Å². The maximum Gasteiger partial charge on any atom is 0.306 e. The number of hydrogen-bond acceptors (Lipinski definition) is 5. The van der Waals surface area contributed by atoms with Crippen LogP contribution < -0.4 is 10.6 Å². The number of rotatable bonds is 6. The molecule has 9 heteroatoms. The van der Waals surface area contributed by atoms with Crippen molar-refractivity contribution in [2.75, 3.05) is 26.7 Å². The fourth-order valence-electron chi connectivity index (χ4n) is 2.33. The predicted octanol–water partition coefficient (Wildman–Crippen LogP) is 0.525. The number of nitrogens with one attached hydrogen (secondary N) is 2. The van der Waals surface area contributed by atoms with Gasteiger partial charge in [-0.2, -0.15) is 5.10 Å². The highest BCUT2D eigenvalue weighted by Crippen LogP contribution is 2.23. The highest BCUT2D eigenvalue weighted by Gasteiger charge is 2.29. The van der Waals surface area contributed by atoms with Crippen molar-refractivity contribution >= 4 is 11.6 Å². The van der Waals surface area contributed by atoms with E-state index in [-0.39, 0.29) is 11.3 Å². The van der Waals surface area contributed by atoms with Crippen LogP contribution in [-0.4, -0.2) is 53.0 Å². The molecule has 122 valence electrons. The molecule has 1 atom stereocenters. The van der Waals surface area contributed by atoms with E-state index in [1.807, 2.05) is 0 Å². The molecule has 1 saturated heterocycles. The second-order valence-corrected chi connectivity index (χ2v) is 5.47. The summed E-state index contributed by atoms with van der Waals surface area (Å²) in [5, 5.41) is 20.9. The van der Waals surface area contributed by atoms with E-state index in [0.29, 0.717) is 25.6 Å². The molecule has 9 nitrogen and oxygen atoms in total. The third-order valence-corrected chi connectivity index (χ3v) is 3.62. The zero-order valence-corrected chi connectivity index (χ0v) is 12.9. The van der Waals surface area contributed by atoms with E-state index in [4.69, 9.17) is 4.74 Å². The summed E-state index contributed by atoms with van der Waals surface area (Å²) in [6, 6.07) is 0. The molecule has 1 unspecified atom stereocenters. The number of nitrogens with zero attached hydrogens (tertiary/aromatic N) is 4. The Morgan fingerprint density at radius 3 is 3.05 bits per heavy atom. The van der Waals surface area contributed by atoms with Gasteiger partial charge in [0.25, 0.3) is 0 Å². The lowest BCUT2D eigenvalue weighted by Crippen LogP contribution is -2.46. The van der Waals surface area contributed by atoms with Crippen molar-refractivity contribution < 1.29 is 9.66 Å². The van der Waals surface area contributed by atoms with Crippen molar-refractivity contribution in [3.63, 3.8) is 0 Å². The van der Waals surface area contributed by atoms with Gasteiger partial charge in [0.1, 0.15) is 12.4 Å². The van der Waals surface area contributed by atoms with Crippen molar-refractivity contribution in [2.45, 2.75) is 31.9 Å². The number of ether oxygens (including phenoxy) is 1. The van der Waals surface area contributed by atoms with E-state index in [9.17, 15) is 10.1 Å². The molecule has 0 amide bonds. The Balaban J connectivity index is 1.73. The first-order valence-electron chi connectivity index (χ1n) is 7.28. The molecule has 1 aliphatic heterocycles. The molecule has 0 bridgehead atoms. The smallest absolute Gasteiger partial charge is 0.306 e. The lowest BCUT2D eigenvalue weighted by atomic mass is 10.0. The van der Waals surface area contributed by atoms with Gasteiger partial charge in [-0.1, -0.05) is 0 Å². The van der Waals surface area contributed by atoms with Crippen molar-refractivity contribution in [1.82, 2.24) is 20.4 Å². The first kappa shape index (κ1) is 16.2. The zero-order valence-electron chi connectivity index (χ0n) is 12.9. The minimum atomic E-state index is -0.459. The average molecular weight is 310 g/mol. The molecule has 1 aromatic heterocycles. The quantitative estimate of drug-likeness (QED) is 0.343. The number of nitro groups is 1. The summed E-state index contributed by atoms with van der Waals surface area (Å²) < 4.78 is 7.24. The minimum absolute atomic E-state index is 0.00573. The molecule has 0 aliphatic carbocycles. The number of hydrogen-bond donors (Lipinski definition) is 2. The lowest BCUT2D eigenvalue weighted by Gasteiger charge is -2.24. The van der Waals surface area contributed by atoms with Crippen LogP contribution in [0, 0.1) is 10.1 Å². The maximum absolute atomic E-state index is 10.6. The van der Waals surface area contributed by atoms with Crippen LogP contribution in [0.3, 0.4) is 0 Å². The Morgan fingerprint density at radius 2 is 2.45 bits per heavy atom. The summed E-state index contributed by atoms with van der Waals surface area (Å²) in [6.45, 7) is 4.67. The minimum Gasteiger partial charge on any atom is -0.373 e. The fraction of sp³-hybridized carbons (Fsp3) is 0.692. The van der Waals surface area contributed by atoms with Crippen LogP contribution in [-0.2, 0) is 11.3 Å². The van der Waals surface area contributed by atoms with Gasteiger partial charge >= 0.3 is 5.69 Å². The number of aromatic nitrogens is 2. The average Bonchev–Trinajstić information content (AvgIpc) is 3.12. The topological polar surface area (TPSA) is 107 Å². The number of aliphatic imine (C=N–C) groups is 1. The van der Waals surface area contributed by atoms with Crippen molar-refractivity contribution in [1.29, 1.82) is 0 Å². The molecule has 0 aromatic carbocycles. The highest BCUT2D eigenvalue weighted by atomic mass is 16.6. The summed E-state index contributed by atoms with van der Waals surface area (Å²) in [5.74, 6) is 0.679. The molecule has 22 heavy (non-hydrogen) atoms. The summed E-state index contributed by atoms with van der Waals surface area (Å²) in [7, 11) is 1.70. The summed E-state index contributed by atoms with van der Waals surface area (Å²) in [4.78, 5) is 14.3. The van der Waals surface area contributed by atoms with Crippen LogP contribution in [0.2, 0.25) is 0 Å². The fourth-order valence-corrected chi connectivity index (χ4v) is 2.33. The standard InChI is InChI=1S/C13H22N6O3/c1-13(4-3-7-22-13)10-16-12(14-2)15-5-6-18-9-11(8-17-18)19(20)21/h8-9H,3-7,10H2,1-2H3,(H2,14,15,16). The monoisotopic (exact) mass is 310 g/mol. The molecule has 1 fully saturated rings. The second-order valence-electron chi connectivity index (χ2n) is 5.47. The van der Waals surface area contributed by atoms with Crippen LogP contribution in [0.25, 0.3) is 0 Å². The number of guanidine groups is 1. The van der Waals surface area contributed by atoms with Gasteiger partial charge in [-0.25, -0.2) is 0 Å². The van der Waals surface area contributed by atoms with Crippen LogP contribution in [0.15, 0.2) is 17.4 Å². The molecule has 0 spiro atoms. The largest absolute Gasteiger partial charge is 0.373 e. The van der Waals surface area contributed by atoms with Gasteiger partial charge in [0.05, 0.1) is 17.1 Å². The predicted molar refractivity (Wildman–Crippen MR) is 81.8 cm³/mol. The first-order valence-corrected chi connectivity index (χ1v) is 7.28. The van der Waals surface area contributed by atoms with E-state index < -0.39 is 4.92 Å². The van der Waals surface area contributed by atoms with Gasteiger partial charge in [0.15, 0.2) is 5.96 Å². The van der Waals surface area contributed by atoms with Gasteiger partial charge in [-0.05, 0) is 19.8 Å². The summed E-state index contributed by atoms with van der Waals surface area (Å²) in [5.41, 5.74) is -0.144. The Bertz CT molecular complexity index is 536. The zero-order chi connectivity index (χ0) is 16.0. The third-order valence-electron chi connectivity index (χ3n) is 3.62. The third kappa shape index (κ3) is 4.42. The molecule has 2 N–H and O–H groups in total. The highest BCUT2D eigenvalue weighted by molar-refractivity contribution is 5.79. The normalized spacial score (nSPS) is 21.8. The Morgan fingerprint density at radius 1 is 1.64 bits per heavy atom. The Hall–Kier alpha value is -2.16. The van der Waals surface area contributed by atoms with Crippen LogP contribution >= 0.6 is 0 Å². The summed E-state index contributed by atoms with van der Waals surface area (Å²) >= 11 is 0. The van der Waals surface area contributed by atoms with Crippen LogP contribution in [0.4, 0.5) is 5.69 Å². The Labute approximate surface area is 128 Å². The summed E-state index contributed by atoms with van der Waals surface area (Å²) in [6.07, 6.45) is 4.77. The van der Waals surface area contributed by atoms with Gasteiger partial charge in [0, 0.05) is 26.7 Å².